The van der Waals surface area contributed by atoms with E-state index in [1.54, 1.807) is 0 Å². The minimum atomic E-state index is -0.887. The molecule has 0 aliphatic heterocycles. The van der Waals surface area contributed by atoms with E-state index in [2.05, 4.69) is 10.2 Å². The van der Waals surface area contributed by atoms with Crippen molar-refractivity contribution in [3.05, 3.63) is 29.3 Å². The highest BCUT2D eigenvalue weighted by Crippen LogP contribution is 2.24. The fourth-order valence-corrected chi connectivity index (χ4v) is 2.12. The van der Waals surface area contributed by atoms with Crippen LogP contribution in [0.15, 0.2) is 27.8 Å². The van der Waals surface area contributed by atoms with E-state index in [9.17, 15) is 9.59 Å². The van der Waals surface area contributed by atoms with Crippen LogP contribution in [0.3, 0.4) is 0 Å². The number of aromatic nitrogens is 2. The highest BCUT2D eigenvalue weighted by Gasteiger charge is 2.12. The Bertz CT molecular complexity index is 684. The van der Waals surface area contributed by atoms with Crippen molar-refractivity contribution in [2.45, 2.75) is 19.1 Å². The highest BCUT2D eigenvalue weighted by molar-refractivity contribution is 7.99. The summed E-state index contributed by atoms with van der Waals surface area (Å²) >= 11 is 1.03. The van der Waals surface area contributed by atoms with E-state index in [0.29, 0.717) is 5.89 Å². The standard InChI is InChI=1S/C13H14N4O3S/c1-7-3-4-9(5-8(7)2)11-16-17-13(20-11)21-6-10(18)15-12(14)19/h3-5H,6H2,1-2H3,(H3,14,15,18,19). The first kappa shape index (κ1) is 15.0. The number of amides is 3. The van der Waals surface area contributed by atoms with Gasteiger partial charge in [0.25, 0.3) is 5.22 Å². The van der Waals surface area contributed by atoms with Crippen LogP contribution in [0.2, 0.25) is 0 Å². The van der Waals surface area contributed by atoms with Gasteiger partial charge < -0.3 is 10.2 Å². The van der Waals surface area contributed by atoms with Crippen LogP contribution in [-0.4, -0.2) is 27.9 Å². The first-order chi connectivity index (χ1) is 9.95. The predicted octanol–water partition coefficient (Wildman–Crippen LogP) is 1.64. The summed E-state index contributed by atoms with van der Waals surface area (Å²) < 4.78 is 5.46. The van der Waals surface area contributed by atoms with Crippen molar-refractivity contribution >= 4 is 23.7 Å². The van der Waals surface area contributed by atoms with Crippen molar-refractivity contribution in [2.75, 3.05) is 5.75 Å². The SMILES string of the molecule is Cc1ccc(-c2nnc(SCC(=O)NC(N)=O)o2)cc1C. The molecule has 0 aliphatic rings. The molecule has 0 unspecified atom stereocenters. The third-order valence-corrected chi connectivity index (χ3v) is 3.57. The third-order valence-electron chi connectivity index (χ3n) is 2.75. The molecule has 2 aromatic rings. The molecular weight excluding hydrogens is 292 g/mol. The molecule has 0 radical (unpaired) electrons. The molecule has 0 spiro atoms. The maximum absolute atomic E-state index is 11.3. The number of nitrogens with zero attached hydrogens (tertiary/aromatic N) is 2. The van der Waals surface area contributed by atoms with Crippen LogP contribution in [0.5, 0.6) is 0 Å². The zero-order chi connectivity index (χ0) is 15.4. The van der Waals surface area contributed by atoms with Crippen molar-refractivity contribution in [1.29, 1.82) is 0 Å². The average Bonchev–Trinajstić information content (AvgIpc) is 2.88. The van der Waals surface area contributed by atoms with Gasteiger partial charge in [0.15, 0.2) is 0 Å². The van der Waals surface area contributed by atoms with E-state index in [-0.39, 0.29) is 11.0 Å². The maximum Gasteiger partial charge on any atom is 0.318 e. The first-order valence-corrected chi connectivity index (χ1v) is 7.07. The molecule has 0 atom stereocenters. The molecule has 0 bridgehead atoms. The number of hydrogen-bond acceptors (Lipinski definition) is 6. The van der Waals surface area contributed by atoms with Crippen LogP contribution in [0.1, 0.15) is 11.1 Å². The minimum absolute atomic E-state index is 0.0303. The molecule has 1 aromatic heterocycles. The van der Waals surface area contributed by atoms with Crippen molar-refractivity contribution < 1.29 is 14.0 Å². The van der Waals surface area contributed by atoms with Crippen molar-refractivity contribution in [2.24, 2.45) is 5.73 Å². The number of carbonyl (C=O) groups excluding carboxylic acids is 2. The number of hydrogen-bond donors (Lipinski definition) is 2. The van der Waals surface area contributed by atoms with E-state index >= 15 is 0 Å². The van der Waals surface area contributed by atoms with Gasteiger partial charge in [-0.15, -0.1) is 10.2 Å². The second-order valence-electron chi connectivity index (χ2n) is 4.37. The van der Waals surface area contributed by atoms with Crippen molar-refractivity contribution in [3.8, 4) is 11.5 Å². The number of carbonyl (C=O) groups is 2. The molecule has 0 fully saturated rings. The number of urea groups is 1. The van der Waals surface area contributed by atoms with Gasteiger partial charge in [0, 0.05) is 5.56 Å². The quantitative estimate of drug-likeness (QED) is 0.831. The Kier molecular flexibility index (Phi) is 4.59. The van der Waals surface area contributed by atoms with Crippen LogP contribution in [-0.2, 0) is 4.79 Å². The number of nitrogens with two attached hydrogens (primary N) is 1. The molecule has 8 heteroatoms. The zero-order valence-electron chi connectivity index (χ0n) is 11.5. The average molecular weight is 306 g/mol. The summed E-state index contributed by atoms with van der Waals surface area (Å²) in [6.45, 7) is 4.02. The van der Waals surface area contributed by atoms with Gasteiger partial charge in [-0.2, -0.15) is 0 Å². The Morgan fingerprint density at radius 1 is 1.29 bits per heavy atom. The molecule has 3 N–H and O–H groups in total. The van der Waals surface area contributed by atoms with Gasteiger partial charge >= 0.3 is 6.03 Å². The van der Waals surface area contributed by atoms with Crippen LogP contribution in [0, 0.1) is 13.8 Å². The van der Waals surface area contributed by atoms with Gasteiger partial charge in [-0.05, 0) is 37.1 Å². The Balaban J connectivity index is 2.02. The number of benzene rings is 1. The highest BCUT2D eigenvalue weighted by atomic mass is 32.2. The molecule has 21 heavy (non-hydrogen) atoms. The molecule has 2 rings (SSSR count). The number of aryl methyl sites for hydroxylation is 2. The fraction of sp³-hybridized carbons (Fsp3) is 0.231. The van der Waals surface area contributed by atoms with Gasteiger partial charge in [-0.3, -0.25) is 10.1 Å². The molecule has 0 saturated carbocycles. The van der Waals surface area contributed by atoms with Crippen molar-refractivity contribution in [1.82, 2.24) is 15.5 Å². The third kappa shape index (κ3) is 4.06. The molecular formula is C13H14N4O3S. The van der Waals surface area contributed by atoms with Gasteiger partial charge in [0.05, 0.1) is 5.75 Å². The smallest absolute Gasteiger partial charge is 0.318 e. The summed E-state index contributed by atoms with van der Waals surface area (Å²) in [5.74, 6) is -0.160. The lowest BCUT2D eigenvalue weighted by Gasteiger charge is -2.01. The van der Waals surface area contributed by atoms with Crippen LogP contribution < -0.4 is 11.1 Å². The second-order valence-corrected chi connectivity index (χ2v) is 5.30. The van der Waals surface area contributed by atoms with Gasteiger partial charge in [0.2, 0.25) is 11.8 Å². The number of primary amides is 1. The lowest BCUT2D eigenvalue weighted by atomic mass is 10.1. The van der Waals surface area contributed by atoms with Gasteiger partial charge in [-0.25, -0.2) is 4.79 Å². The van der Waals surface area contributed by atoms with Crippen molar-refractivity contribution in [3.63, 3.8) is 0 Å². The summed E-state index contributed by atoms with van der Waals surface area (Å²) in [5.41, 5.74) is 7.96. The molecule has 110 valence electrons. The Hall–Kier alpha value is -2.35. The van der Waals surface area contributed by atoms with E-state index in [4.69, 9.17) is 10.2 Å². The Labute approximate surface area is 125 Å². The van der Waals surface area contributed by atoms with Crippen LogP contribution in [0.25, 0.3) is 11.5 Å². The molecule has 1 heterocycles. The Morgan fingerprint density at radius 3 is 2.71 bits per heavy atom. The molecule has 0 aliphatic carbocycles. The number of rotatable bonds is 4. The second kappa shape index (κ2) is 6.40. The zero-order valence-corrected chi connectivity index (χ0v) is 12.4. The summed E-state index contributed by atoms with van der Waals surface area (Å²) in [4.78, 5) is 21.8. The largest absolute Gasteiger partial charge is 0.411 e. The molecule has 7 nitrogen and oxygen atoms in total. The summed E-state index contributed by atoms with van der Waals surface area (Å²) in [5, 5.41) is 9.99. The number of imide groups is 1. The topological polar surface area (TPSA) is 111 Å². The molecule has 1 aromatic carbocycles. The number of nitrogens with one attached hydrogen (secondary N) is 1. The minimum Gasteiger partial charge on any atom is -0.411 e. The van der Waals surface area contributed by atoms with Crippen LogP contribution >= 0.6 is 11.8 Å². The van der Waals surface area contributed by atoms with E-state index < -0.39 is 11.9 Å². The van der Waals surface area contributed by atoms with E-state index in [0.717, 1.165) is 22.9 Å². The predicted molar refractivity (Wildman–Crippen MR) is 77.7 cm³/mol. The maximum atomic E-state index is 11.3. The van der Waals surface area contributed by atoms with Gasteiger partial charge in [-0.1, -0.05) is 17.8 Å². The fourth-order valence-electron chi connectivity index (χ4n) is 1.56. The molecule has 3 amide bonds. The molecule has 0 saturated heterocycles. The first-order valence-electron chi connectivity index (χ1n) is 6.09. The lowest BCUT2D eigenvalue weighted by molar-refractivity contribution is -0.117. The summed E-state index contributed by atoms with van der Waals surface area (Å²) in [6, 6.07) is 4.94. The van der Waals surface area contributed by atoms with E-state index in [1.165, 1.54) is 5.56 Å². The summed E-state index contributed by atoms with van der Waals surface area (Å²) in [7, 11) is 0. The monoisotopic (exact) mass is 306 g/mol. The number of thioether (sulfide) groups is 1. The van der Waals surface area contributed by atoms with Gasteiger partial charge in [0.1, 0.15) is 0 Å². The Morgan fingerprint density at radius 2 is 2.05 bits per heavy atom. The van der Waals surface area contributed by atoms with E-state index in [1.807, 2.05) is 37.4 Å². The van der Waals surface area contributed by atoms with Crippen LogP contribution in [0.4, 0.5) is 4.79 Å². The lowest BCUT2D eigenvalue weighted by Crippen LogP contribution is -2.36. The normalized spacial score (nSPS) is 10.4. The summed E-state index contributed by atoms with van der Waals surface area (Å²) in [6.07, 6.45) is 0.